The predicted molar refractivity (Wildman–Crippen MR) is 91.7 cm³/mol. The lowest BCUT2D eigenvalue weighted by molar-refractivity contribution is -0.132. The monoisotopic (exact) mass is 316 g/mol. The number of benzene rings is 1. The quantitative estimate of drug-likeness (QED) is 0.809. The van der Waals surface area contributed by atoms with E-state index >= 15 is 0 Å². The van der Waals surface area contributed by atoms with Gasteiger partial charge in [-0.2, -0.15) is 0 Å². The summed E-state index contributed by atoms with van der Waals surface area (Å²) in [6, 6.07) is 8.57. The minimum atomic E-state index is 0.243. The average molecular weight is 316 g/mol. The second-order valence-corrected chi connectivity index (χ2v) is 6.75. The fraction of sp³-hybridized carbons (Fsp3) is 0.632. The summed E-state index contributed by atoms with van der Waals surface area (Å²) in [5, 5.41) is 0. The molecule has 1 amide bonds. The van der Waals surface area contributed by atoms with Crippen LogP contribution in [0.2, 0.25) is 0 Å². The van der Waals surface area contributed by atoms with E-state index in [1.54, 1.807) is 0 Å². The van der Waals surface area contributed by atoms with Crippen LogP contribution in [0.25, 0.3) is 0 Å². The molecule has 126 valence electrons. The molecule has 2 aliphatic rings. The van der Waals surface area contributed by atoms with Gasteiger partial charge in [0, 0.05) is 32.2 Å². The molecule has 1 aliphatic heterocycles. The van der Waals surface area contributed by atoms with E-state index in [0.717, 1.165) is 43.4 Å². The predicted octanol–water partition coefficient (Wildman–Crippen LogP) is 2.57. The Balaban J connectivity index is 1.47. The number of ether oxygens (including phenoxy) is 1. The van der Waals surface area contributed by atoms with Crippen LogP contribution in [0.5, 0.6) is 5.75 Å². The van der Waals surface area contributed by atoms with Gasteiger partial charge in [0.15, 0.2) is 0 Å². The van der Waals surface area contributed by atoms with Crippen molar-refractivity contribution < 1.29 is 9.53 Å². The summed E-state index contributed by atoms with van der Waals surface area (Å²) in [6.07, 6.45) is 3.26. The van der Waals surface area contributed by atoms with Crippen LogP contribution in [0.3, 0.4) is 0 Å². The standard InChI is InChI=1S/C19H28N2O2/c1-3-23-18-8-4-16(5-9-18)14-19(22)21-12-10-20(11-13-21)15(2)17-6-7-17/h4-5,8-9,15,17H,3,6-7,10-14H2,1-2H3. The van der Waals surface area contributed by atoms with Crippen LogP contribution in [0.4, 0.5) is 0 Å². The van der Waals surface area contributed by atoms with Gasteiger partial charge in [-0.15, -0.1) is 0 Å². The molecule has 1 heterocycles. The van der Waals surface area contributed by atoms with Crippen molar-refractivity contribution in [2.24, 2.45) is 5.92 Å². The van der Waals surface area contributed by atoms with E-state index in [2.05, 4.69) is 11.8 Å². The minimum absolute atomic E-state index is 0.243. The van der Waals surface area contributed by atoms with Crippen molar-refractivity contribution in [3.05, 3.63) is 29.8 Å². The van der Waals surface area contributed by atoms with Gasteiger partial charge in [-0.25, -0.2) is 0 Å². The van der Waals surface area contributed by atoms with Gasteiger partial charge < -0.3 is 9.64 Å². The third kappa shape index (κ3) is 4.25. The summed E-state index contributed by atoms with van der Waals surface area (Å²) in [4.78, 5) is 17.1. The number of nitrogens with zero attached hydrogens (tertiary/aromatic N) is 2. The number of hydrogen-bond acceptors (Lipinski definition) is 3. The molecule has 1 atom stereocenters. The van der Waals surface area contributed by atoms with Gasteiger partial charge in [0.1, 0.15) is 5.75 Å². The van der Waals surface area contributed by atoms with E-state index in [0.29, 0.717) is 19.1 Å². The zero-order chi connectivity index (χ0) is 16.2. The van der Waals surface area contributed by atoms with Crippen LogP contribution in [0, 0.1) is 5.92 Å². The first-order chi connectivity index (χ1) is 11.2. The Labute approximate surface area is 139 Å². The highest BCUT2D eigenvalue weighted by molar-refractivity contribution is 5.79. The summed E-state index contributed by atoms with van der Waals surface area (Å²) in [6.45, 7) is 8.76. The molecule has 23 heavy (non-hydrogen) atoms. The molecule has 1 aliphatic carbocycles. The molecule has 0 aromatic heterocycles. The van der Waals surface area contributed by atoms with Gasteiger partial charge in [0.25, 0.3) is 0 Å². The van der Waals surface area contributed by atoms with E-state index < -0.39 is 0 Å². The molecule has 1 unspecified atom stereocenters. The maximum Gasteiger partial charge on any atom is 0.227 e. The molecular formula is C19H28N2O2. The van der Waals surface area contributed by atoms with Crippen molar-refractivity contribution in [2.75, 3.05) is 32.8 Å². The number of carbonyl (C=O) groups is 1. The lowest BCUT2D eigenvalue weighted by atomic mass is 10.1. The number of hydrogen-bond donors (Lipinski definition) is 0. The molecule has 1 saturated heterocycles. The number of piperazine rings is 1. The Morgan fingerprint density at radius 1 is 1.17 bits per heavy atom. The molecule has 3 rings (SSSR count). The third-order valence-electron chi connectivity index (χ3n) is 5.14. The number of carbonyl (C=O) groups excluding carboxylic acids is 1. The van der Waals surface area contributed by atoms with Gasteiger partial charge in [0.2, 0.25) is 5.91 Å². The van der Waals surface area contributed by atoms with Crippen molar-refractivity contribution in [3.63, 3.8) is 0 Å². The van der Waals surface area contributed by atoms with Gasteiger partial charge in [-0.1, -0.05) is 12.1 Å². The Morgan fingerprint density at radius 2 is 1.83 bits per heavy atom. The first-order valence-corrected chi connectivity index (χ1v) is 8.91. The maximum atomic E-state index is 12.5. The van der Waals surface area contributed by atoms with Crippen LogP contribution in [0.1, 0.15) is 32.3 Å². The molecule has 1 saturated carbocycles. The highest BCUT2D eigenvalue weighted by Crippen LogP contribution is 2.35. The second kappa shape index (κ2) is 7.35. The van der Waals surface area contributed by atoms with Crippen molar-refractivity contribution in [2.45, 2.75) is 39.2 Å². The summed E-state index contributed by atoms with van der Waals surface area (Å²) in [5.74, 6) is 2.01. The molecule has 4 nitrogen and oxygen atoms in total. The molecule has 0 bridgehead atoms. The van der Waals surface area contributed by atoms with Gasteiger partial charge in [0.05, 0.1) is 13.0 Å². The van der Waals surface area contributed by atoms with Gasteiger partial charge in [-0.05, 0) is 50.3 Å². The van der Waals surface area contributed by atoms with Crippen molar-refractivity contribution >= 4 is 5.91 Å². The van der Waals surface area contributed by atoms with E-state index in [1.165, 1.54) is 12.8 Å². The van der Waals surface area contributed by atoms with E-state index in [1.807, 2.05) is 36.1 Å². The van der Waals surface area contributed by atoms with E-state index in [9.17, 15) is 4.79 Å². The molecule has 4 heteroatoms. The smallest absolute Gasteiger partial charge is 0.227 e. The zero-order valence-electron chi connectivity index (χ0n) is 14.3. The highest BCUT2D eigenvalue weighted by atomic mass is 16.5. The summed E-state index contributed by atoms with van der Waals surface area (Å²) in [7, 11) is 0. The molecule has 0 radical (unpaired) electrons. The van der Waals surface area contributed by atoms with Crippen LogP contribution >= 0.6 is 0 Å². The molecule has 2 fully saturated rings. The average Bonchev–Trinajstić information content (AvgIpc) is 3.41. The van der Waals surface area contributed by atoms with Gasteiger partial charge >= 0.3 is 0 Å². The summed E-state index contributed by atoms with van der Waals surface area (Å²) < 4.78 is 5.44. The fourth-order valence-electron chi connectivity index (χ4n) is 3.41. The summed E-state index contributed by atoms with van der Waals surface area (Å²) in [5.41, 5.74) is 1.06. The zero-order valence-corrected chi connectivity index (χ0v) is 14.3. The Morgan fingerprint density at radius 3 is 2.39 bits per heavy atom. The Bertz CT molecular complexity index is 517. The Kier molecular flexibility index (Phi) is 5.21. The van der Waals surface area contributed by atoms with E-state index in [4.69, 9.17) is 4.74 Å². The SMILES string of the molecule is CCOc1ccc(CC(=O)N2CCN(C(C)C3CC3)CC2)cc1. The molecule has 1 aromatic carbocycles. The highest BCUT2D eigenvalue weighted by Gasteiger charge is 2.33. The first-order valence-electron chi connectivity index (χ1n) is 8.91. The number of rotatable bonds is 6. The second-order valence-electron chi connectivity index (χ2n) is 6.75. The lowest BCUT2D eigenvalue weighted by Gasteiger charge is -2.38. The van der Waals surface area contributed by atoms with Crippen molar-refractivity contribution in [3.8, 4) is 5.75 Å². The summed E-state index contributed by atoms with van der Waals surface area (Å²) >= 11 is 0. The largest absolute Gasteiger partial charge is 0.494 e. The van der Waals surface area contributed by atoms with Crippen molar-refractivity contribution in [1.82, 2.24) is 9.80 Å². The van der Waals surface area contributed by atoms with Crippen LogP contribution < -0.4 is 4.74 Å². The third-order valence-corrected chi connectivity index (χ3v) is 5.14. The minimum Gasteiger partial charge on any atom is -0.494 e. The van der Waals surface area contributed by atoms with Crippen LogP contribution in [-0.2, 0) is 11.2 Å². The molecule has 0 spiro atoms. The normalized spacial score (nSPS) is 20.3. The van der Waals surface area contributed by atoms with Crippen LogP contribution in [0.15, 0.2) is 24.3 Å². The maximum absolute atomic E-state index is 12.5. The molecule has 0 N–H and O–H groups in total. The molecule has 1 aromatic rings. The van der Waals surface area contributed by atoms with Crippen molar-refractivity contribution in [1.29, 1.82) is 0 Å². The van der Waals surface area contributed by atoms with Gasteiger partial charge in [-0.3, -0.25) is 9.69 Å². The fourth-order valence-corrected chi connectivity index (χ4v) is 3.41. The lowest BCUT2D eigenvalue weighted by Crippen LogP contribution is -2.52. The topological polar surface area (TPSA) is 32.8 Å². The van der Waals surface area contributed by atoms with E-state index in [-0.39, 0.29) is 5.91 Å². The first kappa shape index (κ1) is 16.3. The Hall–Kier alpha value is -1.55. The van der Waals surface area contributed by atoms with Crippen LogP contribution in [-0.4, -0.2) is 54.5 Å². The molecular weight excluding hydrogens is 288 g/mol. The number of amides is 1.